The van der Waals surface area contributed by atoms with Gasteiger partial charge in [-0.3, -0.25) is 9.69 Å². The van der Waals surface area contributed by atoms with E-state index >= 15 is 0 Å². The van der Waals surface area contributed by atoms with Crippen LogP contribution < -0.4 is 14.8 Å². The summed E-state index contributed by atoms with van der Waals surface area (Å²) in [6, 6.07) is 11.7. The molecule has 0 unspecified atom stereocenters. The molecule has 1 N–H and O–H groups in total. The lowest BCUT2D eigenvalue weighted by atomic mass is 10.2. The molecule has 0 heterocycles. The normalized spacial score (nSPS) is 10.5. The number of hydrogen-bond acceptors (Lipinski definition) is 4. The number of methoxy groups -OCH3 is 2. The zero-order chi connectivity index (χ0) is 17.5. The summed E-state index contributed by atoms with van der Waals surface area (Å²) < 4.78 is 24.0. The van der Waals surface area contributed by atoms with E-state index in [0.717, 1.165) is 0 Å². The van der Waals surface area contributed by atoms with E-state index in [0.29, 0.717) is 29.3 Å². The number of nitrogens with one attached hydrogen (secondary N) is 1. The second kappa shape index (κ2) is 8.31. The highest BCUT2D eigenvalue weighted by molar-refractivity contribution is 5.92. The molecule has 2 aromatic rings. The van der Waals surface area contributed by atoms with Crippen molar-refractivity contribution in [2.45, 2.75) is 6.54 Å². The lowest BCUT2D eigenvalue weighted by molar-refractivity contribution is -0.117. The van der Waals surface area contributed by atoms with E-state index in [1.54, 1.807) is 62.6 Å². The molecule has 0 atom stereocenters. The van der Waals surface area contributed by atoms with Crippen LogP contribution in [0.4, 0.5) is 10.1 Å². The summed E-state index contributed by atoms with van der Waals surface area (Å²) in [5, 5.41) is 2.79. The van der Waals surface area contributed by atoms with Crippen molar-refractivity contribution in [3.63, 3.8) is 0 Å². The number of hydrogen-bond donors (Lipinski definition) is 1. The highest BCUT2D eigenvalue weighted by Gasteiger charge is 2.11. The summed E-state index contributed by atoms with van der Waals surface area (Å²) in [7, 11) is 4.85. The molecule has 0 saturated carbocycles. The third kappa shape index (κ3) is 4.96. The van der Waals surface area contributed by atoms with Crippen molar-refractivity contribution < 1.29 is 18.7 Å². The van der Waals surface area contributed by atoms with Gasteiger partial charge in [-0.2, -0.15) is 0 Å². The first-order chi connectivity index (χ1) is 11.5. The van der Waals surface area contributed by atoms with Gasteiger partial charge in [-0.05, 0) is 13.1 Å². The van der Waals surface area contributed by atoms with Gasteiger partial charge in [-0.25, -0.2) is 4.39 Å². The first kappa shape index (κ1) is 17.7. The highest BCUT2D eigenvalue weighted by atomic mass is 19.1. The molecule has 0 bridgehead atoms. The average Bonchev–Trinajstić information content (AvgIpc) is 2.56. The summed E-state index contributed by atoms with van der Waals surface area (Å²) in [5.74, 6) is 0.695. The van der Waals surface area contributed by atoms with E-state index in [1.165, 1.54) is 6.07 Å². The number of likely N-dealkylation sites (N-methyl/N-ethyl adjacent to an activating group) is 1. The number of rotatable bonds is 7. The van der Waals surface area contributed by atoms with Gasteiger partial charge in [0.05, 0.1) is 20.8 Å². The van der Waals surface area contributed by atoms with E-state index in [-0.39, 0.29) is 18.3 Å². The molecular formula is C18H21FN2O3. The molecule has 0 fully saturated rings. The van der Waals surface area contributed by atoms with Gasteiger partial charge in [0.25, 0.3) is 0 Å². The van der Waals surface area contributed by atoms with Gasteiger partial charge in [0.1, 0.15) is 17.3 Å². The van der Waals surface area contributed by atoms with Crippen LogP contribution in [0.5, 0.6) is 11.5 Å². The molecule has 0 spiro atoms. The van der Waals surface area contributed by atoms with Crippen molar-refractivity contribution in [1.29, 1.82) is 0 Å². The van der Waals surface area contributed by atoms with Crippen molar-refractivity contribution in [2.75, 3.05) is 33.1 Å². The number of carbonyl (C=O) groups is 1. The zero-order valence-electron chi connectivity index (χ0n) is 14.0. The topological polar surface area (TPSA) is 50.8 Å². The number of benzene rings is 2. The van der Waals surface area contributed by atoms with Gasteiger partial charge in [0.15, 0.2) is 0 Å². The zero-order valence-corrected chi connectivity index (χ0v) is 14.0. The summed E-state index contributed by atoms with van der Waals surface area (Å²) in [4.78, 5) is 13.9. The molecule has 1 amide bonds. The quantitative estimate of drug-likeness (QED) is 0.847. The maximum atomic E-state index is 13.6. The molecule has 0 aliphatic carbocycles. The number of nitrogens with zero attached hydrogens (tertiary/aromatic N) is 1. The predicted molar refractivity (Wildman–Crippen MR) is 90.9 cm³/mol. The fourth-order valence-corrected chi connectivity index (χ4v) is 2.30. The number of ether oxygens (including phenoxy) is 2. The molecular weight excluding hydrogens is 311 g/mol. The van der Waals surface area contributed by atoms with Gasteiger partial charge < -0.3 is 14.8 Å². The highest BCUT2D eigenvalue weighted by Crippen LogP contribution is 2.25. The second-order valence-corrected chi connectivity index (χ2v) is 5.41. The van der Waals surface area contributed by atoms with Gasteiger partial charge in [0.2, 0.25) is 5.91 Å². The Labute approximate surface area is 141 Å². The van der Waals surface area contributed by atoms with E-state index in [1.807, 2.05) is 0 Å². The van der Waals surface area contributed by atoms with Crippen LogP contribution in [-0.2, 0) is 11.3 Å². The van der Waals surface area contributed by atoms with E-state index in [9.17, 15) is 9.18 Å². The Bertz CT molecular complexity index is 684. The van der Waals surface area contributed by atoms with E-state index in [2.05, 4.69) is 5.32 Å². The fourth-order valence-electron chi connectivity index (χ4n) is 2.30. The van der Waals surface area contributed by atoms with Crippen LogP contribution in [0.2, 0.25) is 0 Å². The Kier molecular flexibility index (Phi) is 6.14. The molecule has 0 saturated heterocycles. The molecule has 5 nitrogen and oxygen atoms in total. The Balaban J connectivity index is 1.96. The molecule has 0 aromatic heterocycles. The molecule has 2 aromatic carbocycles. The van der Waals surface area contributed by atoms with Crippen LogP contribution in [0.3, 0.4) is 0 Å². The van der Waals surface area contributed by atoms with Crippen LogP contribution in [0.15, 0.2) is 42.5 Å². The SMILES string of the molecule is COc1cc(NC(=O)CN(C)Cc2ccccc2F)cc(OC)c1. The first-order valence-corrected chi connectivity index (χ1v) is 7.46. The van der Waals surface area contributed by atoms with Crippen LogP contribution >= 0.6 is 0 Å². The van der Waals surface area contributed by atoms with Crippen molar-refractivity contribution >= 4 is 11.6 Å². The van der Waals surface area contributed by atoms with Gasteiger partial charge in [-0.1, -0.05) is 18.2 Å². The molecule has 0 radical (unpaired) electrons. The average molecular weight is 332 g/mol. The molecule has 24 heavy (non-hydrogen) atoms. The maximum absolute atomic E-state index is 13.6. The largest absolute Gasteiger partial charge is 0.497 e. The lowest BCUT2D eigenvalue weighted by Gasteiger charge is -2.17. The van der Waals surface area contributed by atoms with E-state index < -0.39 is 0 Å². The maximum Gasteiger partial charge on any atom is 0.238 e. The van der Waals surface area contributed by atoms with Crippen LogP contribution in [0.25, 0.3) is 0 Å². The monoisotopic (exact) mass is 332 g/mol. The minimum atomic E-state index is -0.276. The summed E-state index contributed by atoms with van der Waals surface area (Å²) in [6.07, 6.45) is 0. The molecule has 2 rings (SSSR count). The van der Waals surface area contributed by atoms with Gasteiger partial charge in [0, 0.05) is 36.0 Å². The third-order valence-electron chi connectivity index (χ3n) is 3.45. The third-order valence-corrected chi connectivity index (χ3v) is 3.45. The number of amides is 1. The first-order valence-electron chi connectivity index (χ1n) is 7.46. The Morgan fingerprint density at radius 2 is 1.75 bits per heavy atom. The van der Waals surface area contributed by atoms with Crippen LogP contribution in [0.1, 0.15) is 5.56 Å². The molecule has 0 aliphatic rings. The fraction of sp³-hybridized carbons (Fsp3) is 0.278. The molecule has 128 valence electrons. The second-order valence-electron chi connectivity index (χ2n) is 5.41. The molecule has 0 aliphatic heterocycles. The van der Waals surface area contributed by atoms with Crippen molar-refractivity contribution in [3.8, 4) is 11.5 Å². The van der Waals surface area contributed by atoms with Crippen molar-refractivity contribution in [2.24, 2.45) is 0 Å². The Morgan fingerprint density at radius 1 is 1.12 bits per heavy atom. The van der Waals surface area contributed by atoms with Gasteiger partial charge in [-0.15, -0.1) is 0 Å². The summed E-state index contributed by atoms with van der Waals surface area (Å²) in [5.41, 5.74) is 1.13. The standard InChI is InChI=1S/C18H21FN2O3/c1-21(11-13-6-4-5-7-17(13)19)12-18(22)20-14-8-15(23-2)10-16(9-14)24-3/h4-10H,11-12H2,1-3H3,(H,20,22). The minimum Gasteiger partial charge on any atom is -0.497 e. The summed E-state index contributed by atoms with van der Waals surface area (Å²) in [6.45, 7) is 0.482. The van der Waals surface area contributed by atoms with Crippen molar-refractivity contribution in [1.82, 2.24) is 4.90 Å². The van der Waals surface area contributed by atoms with E-state index in [4.69, 9.17) is 9.47 Å². The minimum absolute atomic E-state index is 0.133. The number of carbonyl (C=O) groups excluding carboxylic acids is 1. The van der Waals surface area contributed by atoms with Crippen LogP contribution in [-0.4, -0.2) is 38.6 Å². The molecule has 6 heteroatoms. The smallest absolute Gasteiger partial charge is 0.238 e. The Morgan fingerprint density at radius 3 is 2.33 bits per heavy atom. The lowest BCUT2D eigenvalue weighted by Crippen LogP contribution is -2.30. The van der Waals surface area contributed by atoms with Gasteiger partial charge >= 0.3 is 0 Å². The van der Waals surface area contributed by atoms with Crippen molar-refractivity contribution in [3.05, 3.63) is 53.8 Å². The number of anilines is 1. The number of halogens is 1. The predicted octanol–water partition coefficient (Wildman–Crippen LogP) is 2.91. The Hall–Kier alpha value is -2.60. The van der Waals surface area contributed by atoms with Crippen LogP contribution in [0, 0.1) is 5.82 Å². The summed E-state index contributed by atoms with van der Waals surface area (Å²) >= 11 is 0.